The van der Waals surface area contributed by atoms with E-state index in [-0.39, 0.29) is 13.0 Å². The molecule has 0 saturated heterocycles. The van der Waals surface area contributed by atoms with E-state index in [0.717, 1.165) is 64.2 Å². The van der Waals surface area contributed by atoms with E-state index < -0.39 is 45.8 Å². The van der Waals surface area contributed by atoms with E-state index in [4.69, 9.17) is 23.6 Å². The molecule has 0 aromatic heterocycles. The Bertz CT molecular complexity index is 919. The van der Waals surface area contributed by atoms with Crippen LogP contribution in [0.1, 0.15) is 162 Å². The van der Waals surface area contributed by atoms with Crippen molar-refractivity contribution in [2.24, 2.45) is 0 Å². The van der Waals surface area contributed by atoms with Gasteiger partial charge in [0.2, 0.25) is 0 Å². The predicted octanol–water partition coefficient (Wildman–Crippen LogP) is 10.6. The van der Waals surface area contributed by atoms with E-state index in [1.54, 1.807) is 6.26 Å². The van der Waals surface area contributed by atoms with Gasteiger partial charge >= 0.3 is 13.8 Å². The van der Waals surface area contributed by atoms with Crippen molar-refractivity contribution in [1.82, 2.24) is 0 Å². The number of aliphatic hydroxyl groups is 2. The minimum absolute atomic E-state index is 0.0425. The molecule has 0 aliphatic rings. The second kappa shape index (κ2) is 37.0. The monoisotopic (exact) mass is 728 g/mol. The molecule has 0 amide bonds. The molecule has 0 aromatic carbocycles. The molecular formula is C40H73O9P. The number of carbonyl (C=O) groups excluding carboxylic acids is 1. The Kier molecular flexibility index (Phi) is 35.7. The maximum absolute atomic E-state index is 12.5. The van der Waals surface area contributed by atoms with Gasteiger partial charge in [0.1, 0.15) is 12.7 Å². The SMILES string of the molecule is CC/C=C\C/C=C\C/C=C\CCCCCCCC(=O)O[C@H](CO/C=C\CCCCCCCCCCCCCC)COP(=O)(O)OC[C@@H](O)CO. The molecule has 3 N–H and O–H groups in total. The molecule has 1 unspecified atom stereocenters. The van der Waals surface area contributed by atoms with Gasteiger partial charge in [-0.3, -0.25) is 13.8 Å². The molecule has 50 heavy (non-hydrogen) atoms. The topological polar surface area (TPSA) is 132 Å². The molecule has 0 aliphatic carbocycles. The highest BCUT2D eigenvalue weighted by Gasteiger charge is 2.26. The van der Waals surface area contributed by atoms with Gasteiger partial charge < -0.3 is 24.6 Å². The molecule has 0 rings (SSSR count). The zero-order chi connectivity index (χ0) is 36.8. The van der Waals surface area contributed by atoms with E-state index in [1.807, 2.05) is 6.08 Å². The highest BCUT2D eigenvalue weighted by atomic mass is 31.2. The van der Waals surface area contributed by atoms with Crippen molar-refractivity contribution in [3.63, 3.8) is 0 Å². The number of phosphoric ester groups is 1. The van der Waals surface area contributed by atoms with E-state index in [0.29, 0.717) is 6.42 Å². The zero-order valence-corrected chi connectivity index (χ0v) is 32.5. The van der Waals surface area contributed by atoms with Crippen LogP contribution < -0.4 is 0 Å². The summed E-state index contributed by atoms with van der Waals surface area (Å²) in [5.41, 5.74) is 0. The summed E-state index contributed by atoms with van der Waals surface area (Å²) in [4.78, 5) is 22.5. The number of hydrogen-bond acceptors (Lipinski definition) is 8. The fraction of sp³-hybridized carbons (Fsp3) is 0.775. The lowest BCUT2D eigenvalue weighted by atomic mass is 10.0. The van der Waals surface area contributed by atoms with Gasteiger partial charge in [-0.05, 0) is 57.4 Å². The summed E-state index contributed by atoms with van der Waals surface area (Å²) in [6.45, 7) is 2.74. The van der Waals surface area contributed by atoms with E-state index >= 15 is 0 Å². The highest BCUT2D eigenvalue weighted by Crippen LogP contribution is 2.43. The minimum atomic E-state index is -4.53. The first-order valence-electron chi connectivity index (χ1n) is 19.7. The van der Waals surface area contributed by atoms with Gasteiger partial charge in [-0.15, -0.1) is 0 Å². The lowest BCUT2D eigenvalue weighted by Gasteiger charge is -2.20. The molecule has 0 aromatic rings. The molecule has 10 heteroatoms. The molecule has 0 bridgehead atoms. The molecule has 292 valence electrons. The quantitative estimate of drug-likeness (QED) is 0.0188. The van der Waals surface area contributed by atoms with Crippen molar-refractivity contribution in [2.45, 2.75) is 174 Å². The van der Waals surface area contributed by atoms with Crippen molar-refractivity contribution in [3.05, 3.63) is 48.8 Å². The molecule has 0 spiro atoms. The number of phosphoric acid groups is 1. The zero-order valence-electron chi connectivity index (χ0n) is 31.6. The van der Waals surface area contributed by atoms with E-state index in [9.17, 15) is 19.4 Å². The van der Waals surface area contributed by atoms with Gasteiger partial charge in [0.25, 0.3) is 0 Å². The Morgan fingerprint density at radius 3 is 1.72 bits per heavy atom. The Hall–Kier alpha value is -1.74. The Morgan fingerprint density at radius 2 is 1.14 bits per heavy atom. The van der Waals surface area contributed by atoms with Crippen LogP contribution in [-0.2, 0) is 27.9 Å². The number of unbranched alkanes of at least 4 members (excludes halogenated alkanes) is 17. The van der Waals surface area contributed by atoms with Crippen LogP contribution >= 0.6 is 7.82 Å². The molecular weight excluding hydrogens is 655 g/mol. The first-order chi connectivity index (χ1) is 24.3. The average Bonchev–Trinajstić information content (AvgIpc) is 3.10. The van der Waals surface area contributed by atoms with Crippen molar-refractivity contribution < 1.29 is 43.0 Å². The number of hydrogen-bond donors (Lipinski definition) is 3. The van der Waals surface area contributed by atoms with Crippen LogP contribution in [0, 0.1) is 0 Å². The third-order valence-electron chi connectivity index (χ3n) is 8.09. The third-order valence-corrected chi connectivity index (χ3v) is 9.04. The van der Waals surface area contributed by atoms with Crippen LogP contribution in [0.5, 0.6) is 0 Å². The maximum atomic E-state index is 12.5. The fourth-order valence-corrected chi connectivity index (χ4v) is 5.89. The lowest BCUT2D eigenvalue weighted by Crippen LogP contribution is -2.28. The predicted molar refractivity (Wildman–Crippen MR) is 205 cm³/mol. The summed E-state index contributed by atoms with van der Waals surface area (Å²) >= 11 is 0. The molecule has 0 heterocycles. The number of carbonyl (C=O) groups is 1. The summed E-state index contributed by atoms with van der Waals surface area (Å²) in [5, 5.41) is 18.3. The largest absolute Gasteiger partial charge is 0.498 e. The van der Waals surface area contributed by atoms with Crippen molar-refractivity contribution in [2.75, 3.05) is 26.4 Å². The molecule has 0 fully saturated rings. The van der Waals surface area contributed by atoms with Gasteiger partial charge in [0.05, 0.1) is 26.1 Å². The highest BCUT2D eigenvalue weighted by molar-refractivity contribution is 7.47. The standard InChI is InChI=1S/C40H73O9P/c1-3-5-7-9-11-13-15-17-19-20-22-24-26-28-30-32-40(43)49-39(37-48-50(44,45)47-35-38(42)34-41)36-46-33-31-29-27-25-23-21-18-16-14-12-10-8-6-4-2/h5,7,11,13,17,19,31,33,38-39,41-42H,3-4,6,8-10,12,14-16,18,20-30,32,34-37H2,1-2H3,(H,44,45)/b7-5-,13-11-,19-17-,33-31-/t38-,39+/m0/s1. The molecule has 9 nitrogen and oxygen atoms in total. The van der Waals surface area contributed by atoms with Gasteiger partial charge in [-0.2, -0.15) is 0 Å². The normalized spacial score (nSPS) is 14.7. The van der Waals surface area contributed by atoms with Crippen LogP contribution in [0.25, 0.3) is 0 Å². The Balaban J connectivity index is 4.31. The number of ether oxygens (including phenoxy) is 2. The van der Waals surface area contributed by atoms with Gasteiger partial charge in [0, 0.05) is 6.42 Å². The Labute approximate surface area is 305 Å². The van der Waals surface area contributed by atoms with Gasteiger partial charge in [-0.25, -0.2) is 4.57 Å². The third kappa shape index (κ3) is 36.1. The lowest BCUT2D eigenvalue weighted by molar-refractivity contribution is -0.153. The molecule has 0 saturated carbocycles. The fourth-order valence-electron chi connectivity index (χ4n) is 5.10. The summed E-state index contributed by atoms with van der Waals surface area (Å²) in [6, 6.07) is 0. The van der Waals surface area contributed by atoms with Crippen LogP contribution in [0.2, 0.25) is 0 Å². The molecule has 0 aliphatic heterocycles. The van der Waals surface area contributed by atoms with Crippen LogP contribution in [-0.4, -0.2) is 59.7 Å². The van der Waals surface area contributed by atoms with E-state index in [1.165, 1.54) is 70.6 Å². The second-order valence-electron chi connectivity index (χ2n) is 13.0. The first-order valence-corrected chi connectivity index (χ1v) is 21.2. The smallest absolute Gasteiger partial charge is 0.472 e. The first kappa shape index (κ1) is 48.3. The van der Waals surface area contributed by atoms with Crippen LogP contribution in [0.4, 0.5) is 0 Å². The summed E-state index contributed by atoms with van der Waals surface area (Å²) in [7, 11) is -4.53. The van der Waals surface area contributed by atoms with Crippen molar-refractivity contribution >= 4 is 13.8 Å². The molecule has 3 atom stereocenters. The van der Waals surface area contributed by atoms with Crippen molar-refractivity contribution in [3.8, 4) is 0 Å². The number of allylic oxidation sites excluding steroid dienone is 7. The van der Waals surface area contributed by atoms with Crippen molar-refractivity contribution in [1.29, 1.82) is 0 Å². The number of esters is 1. The minimum Gasteiger partial charge on any atom is -0.498 e. The van der Waals surface area contributed by atoms with Gasteiger partial charge in [0.15, 0.2) is 6.10 Å². The maximum Gasteiger partial charge on any atom is 0.472 e. The Morgan fingerprint density at radius 1 is 0.640 bits per heavy atom. The van der Waals surface area contributed by atoms with Gasteiger partial charge in [-0.1, -0.05) is 140 Å². The number of rotatable bonds is 37. The van der Waals surface area contributed by atoms with Crippen LogP contribution in [0.15, 0.2) is 48.8 Å². The average molecular weight is 729 g/mol. The van der Waals surface area contributed by atoms with E-state index in [2.05, 4.69) is 50.3 Å². The summed E-state index contributed by atoms with van der Waals surface area (Å²) in [5.74, 6) is -0.423. The summed E-state index contributed by atoms with van der Waals surface area (Å²) < 4.78 is 33.0. The summed E-state index contributed by atoms with van der Waals surface area (Å²) in [6.07, 6.45) is 40.1. The number of aliphatic hydroxyl groups excluding tert-OH is 2. The van der Waals surface area contributed by atoms with Crippen LogP contribution in [0.3, 0.4) is 0 Å². The molecule has 0 radical (unpaired) electrons. The second-order valence-corrected chi connectivity index (χ2v) is 14.4.